The highest BCUT2D eigenvalue weighted by Gasteiger charge is 2.54. The van der Waals surface area contributed by atoms with Gasteiger partial charge in [-0.25, -0.2) is 5.48 Å². The maximum absolute atomic E-state index is 12.3. The van der Waals surface area contributed by atoms with E-state index in [9.17, 15) is 9.59 Å². The van der Waals surface area contributed by atoms with Gasteiger partial charge < -0.3 is 5.73 Å². The number of amides is 2. The molecule has 100 valence electrons. The van der Waals surface area contributed by atoms with Gasteiger partial charge in [0.25, 0.3) is 0 Å². The smallest absolute Gasteiger partial charge is 0.249 e. The third-order valence-electron chi connectivity index (χ3n) is 4.90. The van der Waals surface area contributed by atoms with Gasteiger partial charge in [-0.15, -0.1) is 0 Å². The number of primary amides is 1. The minimum atomic E-state index is -0.569. The second kappa shape index (κ2) is 4.23. The summed E-state index contributed by atoms with van der Waals surface area (Å²) in [6.45, 7) is -0.252. The van der Waals surface area contributed by atoms with Crippen molar-refractivity contribution in [2.45, 2.75) is 38.5 Å². The average Bonchev–Trinajstić information content (AvgIpc) is 2.26. The molecule has 0 heterocycles. The largest absolute Gasteiger partial charge is 0.368 e. The molecule has 0 spiro atoms. The third-order valence-corrected chi connectivity index (χ3v) is 4.90. The van der Waals surface area contributed by atoms with Crippen molar-refractivity contribution < 1.29 is 14.4 Å². The number of carbonyl (C=O) groups is 2. The summed E-state index contributed by atoms with van der Waals surface area (Å²) in [5, 5.41) is 0. The van der Waals surface area contributed by atoms with E-state index < -0.39 is 5.91 Å². The summed E-state index contributed by atoms with van der Waals surface area (Å²) in [6.07, 6.45) is 6.87. The molecule has 0 unspecified atom stereocenters. The van der Waals surface area contributed by atoms with Crippen molar-refractivity contribution >= 4 is 11.8 Å². The maximum Gasteiger partial charge on any atom is 0.249 e. The molecule has 4 fully saturated rings. The van der Waals surface area contributed by atoms with E-state index in [1.54, 1.807) is 0 Å². The normalized spacial score (nSPS) is 40.8. The molecule has 0 radical (unpaired) electrons. The number of nitrogens with one attached hydrogen (secondary N) is 1. The first-order valence-corrected chi connectivity index (χ1v) is 6.78. The van der Waals surface area contributed by atoms with Crippen molar-refractivity contribution in [1.82, 2.24) is 5.48 Å². The predicted octanol–water partition coefficient (Wildman–Crippen LogP) is 0.736. The number of carbonyl (C=O) groups excluding carboxylic acids is 2. The fraction of sp³-hybridized carbons (Fsp3) is 0.846. The van der Waals surface area contributed by atoms with E-state index in [0.717, 1.165) is 37.0 Å². The summed E-state index contributed by atoms with van der Waals surface area (Å²) in [5.74, 6) is 1.55. The highest BCUT2D eigenvalue weighted by atomic mass is 16.7. The van der Waals surface area contributed by atoms with Crippen LogP contribution < -0.4 is 11.2 Å². The van der Waals surface area contributed by atoms with E-state index in [0.29, 0.717) is 0 Å². The molecule has 0 aromatic carbocycles. The Morgan fingerprint density at radius 3 is 2.06 bits per heavy atom. The highest BCUT2D eigenvalue weighted by Crippen LogP contribution is 2.60. The van der Waals surface area contributed by atoms with E-state index in [2.05, 4.69) is 5.48 Å². The van der Waals surface area contributed by atoms with Crippen LogP contribution in [0, 0.1) is 23.2 Å². The number of hydroxylamine groups is 1. The summed E-state index contributed by atoms with van der Waals surface area (Å²) < 4.78 is 0. The molecule has 0 aromatic heterocycles. The number of hydrogen-bond acceptors (Lipinski definition) is 3. The lowest BCUT2D eigenvalue weighted by Crippen LogP contribution is -2.53. The third kappa shape index (κ3) is 2.00. The number of hydrogen-bond donors (Lipinski definition) is 2. The second-order valence-electron chi connectivity index (χ2n) is 6.38. The molecule has 2 amide bonds. The molecule has 0 saturated heterocycles. The van der Waals surface area contributed by atoms with E-state index in [-0.39, 0.29) is 17.9 Å². The first-order valence-electron chi connectivity index (χ1n) is 6.78. The highest BCUT2D eigenvalue weighted by molar-refractivity contribution is 5.82. The molecule has 0 aromatic rings. The molecule has 4 bridgehead atoms. The fourth-order valence-electron chi connectivity index (χ4n) is 4.67. The van der Waals surface area contributed by atoms with E-state index in [4.69, 9.17) is 10.6 Å². The Balaban J connectivity index is 1.64. The van der Waals surface area contributed by atoms with Crippen LogP contribution in [-0.4, -0.2) is 18.4 Å². The van der Waals surface area contributed by atoms with Crippen LogP contribution >= 0.6 is 0 Å². The van der Waals surface area contributed by atoms with E-state index in [1.807, 2.05) is 0 Å². The van der Waals surface area contributed by atoms with Gasteiger partial charge in [-0.05, 0) is 56.3 Å². The van der Waals surface area contributed by atoms with Gasteiger partial charge in [0.15, 0.2) is 6.61 Å². The molecular formula is C13H20N2O3. The first-order chi connectivity index (χ1) is 8.57. The van der Waals surface area contributed by atoms with Crippen LogP contribution in [0.3, 0.4) is 0 Å². The van der Waals surface area contributed by atoms with Gasteiger partial charge in [0.05, 0.1) is 5.41 Å². The van der Waals surface area contributed by atoms with E-state index >= 15 is 0 Å². The Morgan fingerprint density at radius 2 is 1.61 bits per heavy atom. The van der Waals surface area contributed by atoms with Crippen LogP contribution in [0.25, 0.3) is 0 Å². The lowest BCUT2D eigenvalue weighted by atomic mass is 9.49. The van der Waals surface area contributed by atoms with Gasteiger partial charge >= 0.3 is 0 Å². The first kappa shape index (κ1) is 12.0. The molecule has 0 aliphatic heterocycles. The molecule has 4 saturated carbocycles. The average molecular weight is 252 g/mol. The van der Waals surface area contributed by atoms with Gasteiger partial charge in [-0.1, -0.05) is 0 Å². The fourth-order valence-corrected chi connectivity index (χ4v) is 4.67. The minimum absolute atomic E-state index is 0.0390. The van der Waals surface area contributed by atoms with Gasteiger partial charge in [0.1, 0.15) is 0 Å². The summed E-state index contributed by atoms with van der Waals surface area (Å²) in [4.78, 5) is 27.7. The minimum Gasteiger partial charge on any atom is -0.368 e. The topological polar surface area (TPSA) is 81.4 Å². The van der Waals surface area contributed by atoms with Crippen LogP contribution in [0.15, 0.2) is 0 Å². The van der Waals surface area contributed by atoms with Crippen molar-refractivity contribution in [2.24, 2.45) is 28.9 Å². The van der Waals surface area contributed by atoms with Crippen molar-refractivity contribution in [2.75, 3.05) is 6.61 Å². The molecule has 4 rings (SSSR count). The molecule has 5 nitrogen and oxygen atoms in total. The zero-order valence-electron chi connectivity index (χ0n) is 10.5. The SMILES string of the molecule is NC(=O)CONC(=O)C12CC3CC(CC(C3)C1)C2. The quantitative estimate of drug-likeness (QED) is 0.724. The molecule has 4 aliphatic carbocycles. The van der Waals surface area contributed by atoms with Gasteiger partial charge in [0, 0.05) is 0 Å². The lowest BCUT2D eigenvalue weighted by Gasteiger charge is -2.55. The zero-order valence-corrected chi connectivity index (χ0v) is 10.5. The molecule has 5 heteroatoms. The van der Waals surface area contributed by atoms with Gasteiger partial charge in [-0.3, -0.25) is 14.4 Å². The molecule has 0 atom stereocenters. The Hall–Kier alpha value is -1.10. The van der Waals surface area contributed by atoms with Crippen LogP contribution in [0.4, 0.5) is 0 Å². The summed E-state index contributed by atoms with van der Waals surface area (Å²) in [7, 11) is 0. The molecular weight excluding hydrogens is 232 g/mol. The second-order valence-corrected chi connectivity index (χ2v) is 6.38. The molecule has 4 aliphatic rings. The van der Waals surface area contributed by atoms with Crippen molar-refractivity contribution in [1.29, 1.82) is 0 Å². The number of nitrogens with two attached hydrogens (primary N) is 1. The summed E-state index contributed by atoms with van der Waals surface area (Å²) >= 11 is 0. The zero-order chi connectivity index (χ0) is 12.8. The lowest BCUT2D eigenvalue weighted by molar-refractivity contribution is -0.160. The van der Waals surface area contributed by atoms with Crippen molar-refractivity contribution in [3.05, 3.63) is 0 Å². The van der Waals surface area contributed by atoms with Crippen molar-refractivity contribution in [3.8, 4) is 0 Å². The van der Waals surface area contributed by atoms with Gasteiger partial charge in [0.2, 0.25) is 11.8 Å². The Labute approximate surface area is 106 Å². The molecule has 3 N–H and O–H groups in total. The maximum atomic E-state index is 12.3. The van der Waals surface area contributed by atoms with Crippen molar-refractivity contribution in [3.63, 3.8) is 0 Å². The Morgan fingerprint density at radius 1 is 1.11 bits per heavy atom. The monoisotopic (exact) mass is 252 g/mol. The number of rotatable bonds is 4. The van der Waals surface area contributed by atoms with E-state index in [1.165, 1.54) is 19.3 Å². The van der Waals surface area contributed by atoms with Crippen LogP contribution in [0.1, 0.15) is 38.5 Å². The standard InChI is InChI=1S/C13H20N2O3/c14-11(16)7-18-15-12(17)13-4-8-1-9(5-13)3-10(2-8)6-13/h8-10H,1-7H2,(H2,14,16)(H,15,17). The predicted molar refractivity (Wildman–Crippen MR) is 63.9 cm³/mol. The summed E-state index contributed by atoms with van der Waals surface area (Å²) in [5.41, 5.74) is 7.17. The Bertz CT molecular complexity index is 345. The summed E-state index contributed by atoms with van der Waals surface area (Å²) in [6, 6.07) is 0. The molecule has 18 heavy (non-hydrogen) atoms. The van der Waals surface area contributed by atoms with Crippen LogP contribution in [0.5, 0.6) is 0 Å². The van der Waals surface area contributed by atoms with Crippen LogP contribution in [-0.2, 0) is 14.4 Å². The van der Waals surface area contributed by atoms with Crippen LogP contribution in [0.2, 0.25) is 0 Å². The van der Waals surface area contributed by atoms with Gasteiger partial charge in [-0.2, -0.15) is 0 Å². The Kier molecular flexibility index (Phi) is 2.81.